The summed E-state index contributed by atoms with van der Waals surface area (Å²) in [6.07, 6.45) is 0.676. The van der Waals surface area contributed by atoms with Gasteiger partial charge in [-0.15, -0.1) is 10.2 Å². The number of carbonyl (C=O) groups excluding carboxylic acids is 2. The zero-order valence-corrected chi connectivity index (χ0v) is 22.5. The van der Waals surface area contributed by atoms with Crippen LogP contribution in [0.5, 0.6) is 0 Å². The van der Waals surface area contributed by atoms with E-state index in [-0.39, 0.29) is 23.6 Å². The lowest BCUT2D eigenvalue weighted by Crippen LogP contribution is -2.31. The Hall–Kier alpha value is -2.55. The molecule has 0 unspecified atom stereocenters. The average Bonchev–Trinajstić information content (AvgIpc) is 3.22. The molecule has 3 aromatic rings. The van der Waals surface area contributed by atoms with Crippen LogP contribution >= 0.6 is 35.0 Å². The van der Waals surface area contributed by atoms with E-state index in [4.69, 9.17) is 23.2 Å². The van der Waals surface area contributed by atoms with Crippen molar-refractivity contribution in [3.8, 4) is 0 Å². The van der Waals surface area contributed by atoms with Crippen LogP contribution in [-0.2, 0) is 11.3 Å². The molecule has 1 atom stereocenters. The number of thioether (sulfide) groups is 1. The number of nitrogens with zero attached hydrogens (tertiary/aromatic N) is 3. The lowest BCUT2D eigenvalue weighted by Gasteiger charge is -2.21. The second kappa shape index (κ2) is 12.4. The van der Waals surface area contributed by atoms with Crippen molar-refractivity contribution in [2.24, 2.45) is 5.92 Å². The fourth-order valence-electron chi connectivity index (χ4n) is 3.63. The molecule has 0 aliphatic rings. The Morgan fingerprint density at radius 2 is 1.86 bits per heavy atom. The highest BCUT2D eigenvalue weighted by molar-refractivity contribution is 7.99. The van der Waals surface area contributed by atoms with Crippen LogP contribution in [0.3, 0.4) is 0 Å². The largest absolute Gasteiger partial charge is 0.342 e. The maximum atomic E-state index is 13.0. The van der Waals surface area contributed by atoms with E-state index < -0.39 is 0 Å². The highest BCUT2D eigenvalue weighted by Gasteiger charge is 2.25. The van der Waals surface area contributed by atoms with Gasteiger partial charge in [0.15, 0.2) is 11.0 Å². The lowest BCUT2D eigenvalue weighted by molar-refractivity contribution is -0.113. The Balaban J connectivity index is 1.74. The van der Waals surface area contributed by atoms with Crippen LogP contribution in [0.4, 0.5) is 5.69 Å². The molecule has 3 rings (SSSR count). The fourth-order valence-corrected chi connectivity index (χ4v) is 4.88. The molecule has 0 saturated carbocycles. The molecule has 1 heterocycles. The van der Waals surface area contributed by atoms with Crippen LogP contribution in [0.25, 0.3) is 0 Å². The van der Waals surface area contributed by atoms with Crippen LogP contribution < -0.4 is 10.6 Å². The minimum absolute atomic E-state index is 0.154. The standard InChI is InChI=1S/C25H29Cl2N5O2S/c1-5-32-23(21(12-15(2)3)29-24(34)18-8-6-7-9-19(18)27)30-31-25(32)35-14-22(33)28-20-11-10-17(26)13-16(20)4/h6-11,13,15,21H,5,12,14H2,1-4H3,(H,28,33)(H,29,34)/t21-/m0/s1. The first-order valence-electron chi connectivity index (χ1n) is 11.4. The Bertz CT molecular complexity index is 1200. The first-order valence-corrected chi connectivity index (χ1v) is 13.1. The van der Waals surface area contributed by atoms with Crippen molar-refractivity contribution in [3.05, 3.63) is 69.5 Å². The van der Waals surface area contributed by atoms with E-state index >= 15 is 0 Å². The highest BCUT2D eigenvalue weighted by atomic mass is 35.5. The summed E-state index contributed by atoms with van der Waals surface area (Å²) in [5, 5.41) is 16.3. The summed E-state index contributed by atoms with van der Waals surface area (Å²) in [6.45, 7) is 8.63. The number of nitrogens with one attached hydrogen (secondary N) is 2. The minimum atomic E-state index is -0.355. The van der Waals surface area contributed by atoms with E-state index in [0.717, 1.165) is 11.3 Å². The Kier molecular flexibility index (Phi) is 9.60. The van der Waals surface area contributed by atoms with Gasteiger partial charge in [-0.25, -0.2) is 0 Å². The van der Waals surface area contributed by atoms with E-state index in [9.17, 15) is 9.59 Å². The normalized spacial score (nSPS) is 12.0. The topological polar surface area (TPSA) is 88.9 Å². The summed E-state index contributed by atoms with van der Waals surface area (Å²) in [5.74, 6) is 0.703. The number of aryl methyl sites for hydroxylation is 1. The van der Waals surface area contributed by atoms with Gasteiger partial charge < -0.3 is 15.2 Å². The summed E-state index contributed by atoms with van der Waals surface area (Å²) in [4.78, 5) is 25.5. The van der Waals surface area contributed by atoms with Gasteiger partial charge in [-0.05, 0) is 62.1 Å². The van der Waals surface area contributed by atoms with Gasteiger partial charge in [0.1, 0.15) is 0 Å². The number of aromatic nitrogens is 3. The second-order valence-corrected chi connectivity index (χ2v) is 10.3. The van der Waals surface area contributed by atoms with Gasteiger partial charge in [-0.3, -0.25) is 9.59 Å². The molecule has 0 fully saturated rings. The predicted octanol–water partition coefficient (Wildman–Crippen LogP) is 6.16. The van der Waals surface area contributed by atoms with Gasteiger partial charge in [0.05, 0.1) is 22.4 Å². The third kappa shape index (κ3) is 7.22. The molecule has 0 saturated heterocycles. The number of rotatable bonds is 10. The maximum absolute atomic E-state index is 13.0. The summed E-state index contributed by atoms with van der Waals surface area (Å²) in [6, 6.07) is 11.9. The van der Waals surface area contributed by atoms with Crippen molar-refractivity contribution >= 4 is 52.5 Å². The molecule has 0 spiro atoms. The zero-order valence-electron chi connectivity index (χ0n) is 20.1. The average molecular weight is 535 g/mol. The SMILES string of the molecule is CCn1c(SCC(=O)Nc2ccc(Cl)cc2C)nnc1[C@H](CC(C)C)NC(=O)c1ccccc1Cl. The van der Waals surface area contributed by atoms with Gasteiger partial charge in [-0.1, -0.05) is 60.9 Å². The molecule has 186 valence electrons. The molecular formula is C25H29Cl2N5O2S. The quantitative estimate of drug-likeness (QED) is 0.304. The molecule has 0 radical (unpaired) electrons. The summed E-state index contributed by atoms with van der Waals surface area (Å²) >= 11 is 13.5. The van der Waals surface area contributed by atoms with Gasteiger partial charge in [0.2, 0.25) is 5.91 Å². The minimum Gasteiger partial charge on any atom is -0.342 e. The molecule has 7 nitrogen and oxygen atoms in total. The van der Waals surface area contributed by atoms with E-state index in [2.05, 4.69) is 34.7 Å². The van der Waals surface area contributed by atoms with Crippen LogP contribution in [-0.4, -0.2) is 32.3 Å². The molecule has 1 aromatic heterocycles. The third-order valence-electron chi connectivity index (χ3n) is 5.30. The molecule has 35 heavy (non-hydrogen) atoms. The number of hydrogen-bond donors (Lipinski definition) is 2. The molecule has 0 aliphatic carbocycles. The zero-order chi connectivity index (χ0) is 25.5. The monoisotopic (exact) mass is 533 g/mol. The summed E-state index contributed by atoms with van der Waals surface area (Å²) in [5.41, 5.74) is 2.02. The van der Waals surface area contributed by atoms with Crippen molar-refractivity contribution in [2.45, 2.75) is 51.9 Å². The number of benzene rings is 2. The number of anilines is 1. The molecule has 2 amide bonds. The number of hydrogen-bond acceptors (Lipinski definition) is 5. The van der Waals surface area contributed by atoms with E-state index in [1.165, 1.54) is 11.8 Å². The van der Waals surface area contributed by atoms with Crippen LogP contribution in [0.15, 0.2) is 47.6 Å². The first kappa shape index (κ1) is 27.0. The summed E-state index contributed by atoms with van der Waals surface area (Å²) < 4.78 is 1.94. The number of carbonyl (C=O) groups is 2. The fraction of sp³-hybridized carbons (Fsp3) is 0.360. The highest BCUT2D eigenvalue weighted by Crippen LogP contribution is 2.26. The molecule has 0 bridgehead atoms. The van der Waals surface area contributed by atoms with Crippen LogP contribution in [0.1, 0.15) is 55.0 Å². The van der Waals surface area contributed by atoms with E-state index in [0.29, 0.717) is 45.5 Å². The molecule has 0 aliphatic heterocycles. The van der Waals surface area contributed by atoms with Gasteiger partial charge in [0, 0.05) is 17.3 Å². The predicted molar refractivity (Wildman–Crippen MR) is 142 cm³/mol. The first-order chi connectivity index (χ1) is 16.7. The second-order valence-electron chi connectivity index (χ2n) is 8.52. The van der Waals surface area contributed by atoms with Crippen LogP contribution in [0.2, 0.25) is 10.0 Å². The molecule has 2 N–H and O–H groups in total. The Labute approximate surface area is 220 Å². The smallest absolute Gasteiger partial charge is 0.253 e. The van der Waals surface area contributed by atoms with Gasteiger partial charge in [0.25, 0.3) is 5.91 Å². The van der Waals surface area contributed by atoms with E-state index in [1.54, 1.807) is 42.5 Å². The third-order valence-corrected chi connectivity index (χ3v) is 6.83. The van der Waals surface area contributed by atoms with Crippen molar-refractivity contribution in [2.75, 3.05) is 11.1 Å². The Morgan fingerprint density at radius 1 is 1.11 bits per heavy atom. The molecule has 10 heteroatoms. The van der Waals surface area contributed by atoms with Crippen molar-refractivity contribution in [3.63, 3.8) is 0 Å². The van der Waals surface area contributed by atoms with Crippen molar-refractivity contribution in [1.82, 2.24) is 20.1 Å². The van der Waals surface area contributed by atoms with Crippen molar-refractivity contribution in [1.29, 1.82) is 0 Å². The lowest BCUT2D eigenvalue weighted by atomic mass is 10.0. The number of halogens is 2. The molecule has 2 aromatic carbocycles. The van der Waals surface area contributed by atoms with Gasteiger partial charge in [-0.2, -0.15) is 0 Å². The Morgan fingerprint density at radius 3 is 2.51 bits per heavy atom. The molecular weight excluding hydrogens is 505 g/mol. The maximum Gasteiger partial charge on any atom is 0.253 e. The van der Waals surface area contributed by atoms with Gasteiger partial charge >= 0.3 is 0 Å². The van der Waals surface area contributed by atoms with Crippen LogP contribution in [0, 0.1) is 12.8 Å². The number of amides is 2. The van der Waals surface area contributed by atoms with E-state index in [1.807, 2.05) is 18.4 Å². The summed E-state index contributed by atoms with van der Waals surface area (Å²) in [7, 11) is 0. The van der Waals surface area contributed by atoms with Crippen molar-refractivity contribution < 1.29 is 9.59 Å².